The zero-order valence-electron chi connectivity index (χ0n) is 16.7. The van der Waals surface area contributed by atoms with Crippen LogP contribution in [0.4, 0.5) is 4.39 Å². The first-order valence-electron chi connectivity index (χ1n) is 9.67. The van der Waals surface area contributed by atoms with Crippen LogP contribution in [0.1, 0.15) is 25.3 Å². The van der Waals surface area contributed by atoms with E-state index in [1.54, 1.807) is 25.1 Å². The number of nitrogens with zero attached hydrogens (tertiary/aromatic N) is 3. The summed E-state index contributed by atoms with van der Waals surface area (Å²) in [6.45, 7) is 6.33. The Balaban J connectivity index is 1.76. The molecule has 1 fully saturated rings. The highest BCUT2D eigenvalue weighted by Crippen LogP contribution is 2.19. The van der Waals surface area contributed by atoms with Crippen molar-refractivity contribution in [2.75, 3.05) is 46.8 Å². The molecule has 0 atom stereocenters. The van der Waals surface area contributed by atoms with E-state index in [-0.39, 0.29) is 18.3 Å². The number of piperidine rings is 1. The second-order valence-electron chi connectivity index (χ2n) is 7.18. The van der Waals surface area contributed by atoms with Crippen molar-refractivity contribution in [2.45, 2.75) is 26.3 Å². The summed E-state index contributed by atoms with van der Waals surface area (Å²) in [6.07, 6.45) is 2.13. The lowest BCUT2D eigenvalue weighted by molar-refractivity contribution is -0.127. The van der Waals surface area contributed by atoms with E-state index in [0.717, 1.165) is 44.6 Å². The summed E-state index contributed by atoms with van der Waals surface area (Å²) in [5.41, 5.74) is 0.765. The molecular weight excluding hydrogens is 345 g/mol. The molecule has 1 aliphatic rings. The van der Waals surface area contributed by atoms with Crippen LogP contribution in [0.25, 0.3) is 0 Å². The smallest absolute Gasteiger partial charge is 0.243 e. The predicted octanol–water partition coefficient (Wildman–Crippen LogP) is 1.68. The first-order chi connectivity index (χ1) is 13.0. The molecule has 0 saturated carbocycles. The molecule has 2 rings (SSSR count). The van der Waals surface area contributed by atoms with E-state index in [1.807, 2.05) is 19.1 Å². The fourth-order valence-electron chi connectivity index (χ4n) is 3.09. The summed E-state index contributed by atoms with van der Waals surface area (Å²) in [5.74, 6) is 1.09. The van der Waals surface area contributed by atoms with Gasteiger partial charge in [-0.05, 0) is 44.8 Å². The summed E-state index contributed by atoms with van der Waals surface area (Å²) < 4.78 is 13.8. The second-order valence-corrected chi connectivity index (χ2v) is 7.18. The summed E-state index contributed by atoms with van der Waals surface area (Å²) in [4.78, 5) is 19.9. The molecule has 150 valence electrons. The number of halogens is 1. The molecule has 1 aromatic rings. The first kappa shape index (κ1) is 21.2. The largest absolute Gasteiger partial charge is 0.357 e. The molecule has 0 aromatic heterocycles. The van der Waals surface area contributed by atoms with Crippen LogP contribution in [0.3, 0.4) is 0 Å². The molecule has 1 saturated heterocycles. The molecule has 1 heterocycles. The van der Waals surface area contributed by atoms with Gasteiger partial charge in [0.1, 0.15) is 12.4 Å². The number of nitrogens with one attached hydrogen (secondary N) is 2. The number of hydrogen-bond acceptors (Lipinski definition) is 3. The Morgan fingerprint density at radius 3 is 2.59 bits per heavy atom. The number of likely N-dealkylation sites (tertiary alicyclic amines) is 1. The molecule has 1 aliphatic heterocycles. The van der Waals surface area contributed by atoms with Crippen molar-refractivity contribution in [1.82, 2.24) is 20.4 Å². The minimum absolute atomic E-state index is 0.0198. The average Bonchev–Trinajstić information content (AvgIpc) is 2.66. The van der Waals surface area contributed by atoms with Crippen LogP contribution in [0, 0.1) is 11.7 Å². The predicted molar refractivity (Wildman–Crippen MR) is 107 cm³/mol. The van der Waals surface area contributed by atoms with Crippen molar-refractivity contribution in [3.8, 4) is 0 Å². The normalized spacial score (nSPS) is 16.2. The van der Waals surface area contributed by atoms with E-state index in [2.05, 4.69) is 20.5 Å². The molecule has 0 bridgehead atoms. The second kappa shape index (κ2) is 10.9. The minimum atomic E-state index is -0.125. The standard InChI is InChI=1S/C20H32FN5O/c1-4-22-20(24-14-19(27)25(2)3)23-13-16-9-11-26(12-10-16)15-17-7-5-6-8-18(17)21/h5-8,16H,4,9-15H2,1-3H3,(H2,22,23,24). The van der Waals surface area contributed by atoms with Crippen LogP contribution >= 0.6 is 0 Å². The lowest BCUT2D eigenvalue weighted by Gasteiger charge is -2.32. The zero-order chi connectivity index (χ0) is 19.6. The Bertz CT molecular complexity index is 627. The van der Waals surface area contributed by atoms with Gasteiger partial charge in [0.15, 0.2) is 5.96 Å². The summed E-state index contributed by atoms with van der Waals surface area (Å²) in [6, 6.07) is 7.00. The molecule has 0 unspecified atom stereocenters. The molecule has 6 nitrogen and oxygen atoms in total. The molecular formula is C20H32FN5O. The number of carbonyl (C=O) groups is 1. The van der Waals surface area contributed by atoms with E-state index in [9.17, 15) is 9.18 Å². The molecule has 0 radical (unpaired) electrons. The highest BCUT2D eigenvalue weighted by molar-refractivity contribution is 5.84. The molecule has 0 spiro atoms. The Labute approximate surface area is 161 Å². The van der Waals surface area contributed by atoms with Crippen molar-refractivity contribution < 1.29 is 9.18 Å². The van der Waals surface area contributed by atoms with E-state index in [0.29, 0.717) is 18.4 Å². The van der Waals surface area contributed by atoms with Gasteiger partial charge in [0, 0.05) is 39.3 Å². The van der Waals surface area contributed by atoms with Gasteiger partial charge in [-0.2, -0.15) is 0 Å². The Kier molecular flexibility index (Phi) is 8.51. The van der Waals surface area contributed by atoms with Crippen LogP contribution < -0.4 is 10.6 Å². The molecule has 1 aromatic carbocycles. The fraction of sp³-hybridized carbons (Fsp3) is 0.600. The van der Waals surface area contributed by atoms with Gasteiger partial charge < -0.3 is 15.5 Å². The van der Waals surface area contributed by atoms with Crippen LogP contribution in [-0.2, 0) is 11.3 Å². The monoisotopic (exact) mass is 377 g/mol. The number of rotatable bonds is 7. The van der Waals surface area contributed by atoms with Crippen molar-refractivity contribution in [1.29, 1.82) is 0 Å². The van der Waals surface area contributed by atoms with Gasteiger partial charge in [0.25, 0.3) is 0 Å². The van der Waals surface area contributed by atoms with Gasteiger partial charge >= 0.3 is 0 Å². The van der Waals surface area contributed by atoms with E-state index in [4.69, 9.17) is 0 Å². The van der Waals surface area contributed by atoms with Crippen LogP contribution in [0.5, 0.6) is 0 Å². The number of benzene rings is 1. The molecule has 1 amide bonds. The number of hydrogen-bond donors (Lipinski definition) is 2. The zero-order valence-corrected chi connectivity index (χ0v) is 16.7. The maximum atomic E-state index is 13.8. The van der Waals surface area contributed by atoms with E-state index in [1.165, 1.54) is 6.07 Å². The highest BCUT2D eigenvalue weighted by Gasteiger charge is 2.20. The maximum absolute atomic E-state index is 13.8. The Morgan fingerprint density at radius 2 is 1.96 bits per heavy atom. The third-order valence-corrected chi connectivity index (χ3v) is 4.83. The van der Waals surface area contributed by atoms with Crippen molar-refractivity contribution in [2.24, 2.45) is 10.9 Å². The molecule has 0 aliphatic carbocycles. The minimum Gasteiger partial charge on any atom is -0.357 e. The lowest BCUT2D eigenvalue weighted by Crippen LogP contribution is -2.43. The number of amides is 1. The van der Waals surface area contributed by atoms with Gasteiger partial charge in [-0.1, -0.05) is 18.2 Å². The number of carbonyl (C=O) groups excluding carboxylic acids is 1. The summed E-state index contributed by atoms with van der Waals surface area (Å²) in [7, 11) is 3.46. The molecule has 27 heavy (non-hydrogen) atoms. The average molecular weight is 378 g/mol. The van der Waals surface area contributed by atoms with Crippen LogP contribution in [0.15, 0.2) is 29.3 Å². The van der Waals surface area contributed by atoms with Crippen molar-refractivity contribution in [3.63, 3.8) is 0 Å². The Hall–Kier alpha value is -2.15. The maximum Gasteiger partial charge on any atom is 0.243 e. The fourth-order valence-corrected chi connectivity index (χ4v) is 3.09. The third kappa shape index (κ3) is 7.17. The van der Waals surface area contributed by atoms with Crippen LogP contribution in [-0.4, -0.2) is 68.5 Å². The lowest BCUT2D eigenvalue weighted by atomic mass is 9.96. The van der Waals surface area contributed by atoms with Gasteiger partial charge in [-0.25, -0.2) is 9.38 Å². The van der Waals surface area contributed by atoms with Gasteiger partial charge in [-0.15, -0.1) is 0 Å². The first-order valence-corrected chi connectivity index (χ1v) is 9.67. The Morgan fingerprint density at radius 1 is 1.26 bits per heavy atom. The van der Waals surface area contributed by atoms with Crippen molar-refractivity contribution >= 4 is 11.9 Å². The summed E-state index contributed by atoms with van der Waals surface area (Å²) in [5, 5.41) is 6.53. The third-order valence-electron chi connectivity index (χ3n) is 4.83. The van der Waals surface area contributed by atoms with Gasteiger partial charge in [0.2, 0.25) is 5.91 Å². The number of aliphatic imine (C=N–C) groups is 1. The molecule has 2 N–H and O–H groups in total. The highest BCUT2D eigenvalue weighted by atomic mass is 19.1. The molecule has 7 heteroatoms. The van der Waals surface area contributed by atoms with Crippen LogP contribution in [0.2, 0.25) is 0 Å². The van der Waals surface area contributed by atoms with Gasteiger partial charge in [0.05, 0.1) is 0 Å². The van der Waals surface area contributed by atoms with E-state index >= 15 is 0 Å². The topological polar surface area (TPSA) is 60.0 Å². The quantitative estimate of drug-likeness (QED) is 0.561. The van der Waals surface area contributed by atoms with Gasteiger partial charge in [-0.3, -0.25) is 9.69 Å². The SMILES string of the molecule is CCNC(=NCC(=O)N(C)C)NCC1CCN(Cc2ccccc2F)CC1. The number of guanidine groups is 1. The number of likely N-dealkylation sites (N-methyl/N-ethyl adjacent to an activating group) is 1. The van der Waals surface area contributed by atoms with E-state index < -0.39 is 0 Å². The van der Waals surface area contributed by atoms with Crippen molar-refractivity contribution in [3.05, 3.63) is 35.6 Å². The summed E-state index contributed by atoms with van der Waals surface area (Å²) >= 11 is 0.